The van der Waals surface area contributed by atoms with Crippen molar-refractivity contribution in [3.63, 3.8) is 0 Å². The molecule has 12 nitrogen and oxygen atoms in total. The summed E-state index contributed by atoms with van der Waals surface area (Å²) in [6.45, 7) is 4.90. The second-order valence-electron chi connectivity index (χ2n) is 6.85. The van der Waals surface area contributed by atoms with E-state index in [0.717, 1.165) is 0 Å². The van der Waals surface area contributed by atoms with Gasteiger partial charge < -0.3 is 14.0 Å². The van der Waals surface area contributed by atoms with Crippen molar-refractivity contribution in [2.45, 2.75) is 51.3 Å². The predicted molar refractivity (Wildman–Crippen MR) is 98.6 cm³/mol. The molecule has 29 heavy (non-hydrogen) atoms. The topological polar surface area (TPSA) is 142 Å². The lowest BCUT2D eigenvalue weighted by atomic mass is 10.1. The number of rotatable bonds is 9. The Bertz CT molecular complexity index is 686. The van der Waals surface area contributed by atoms with Gasteiger partial charge in [0.15, 0.2) is 0 Å². The quantitative estimate of drug-likeness (QED) is 0.301. The molecule has 0 radical (unpaired) electrons. The SMILES string of the molecule is CC1OS(=O)(=O)CC1COB(OCC1OS(=O)OC1C)OCC1OS(=O)OC1C. The van der Waals surface area contributed by atoms with Crippen molar-refractivity contribution in [3.05, 3.63) is 0 Å². The van der Waals surface area contributed by atoms with Crippen LogP contribution in [-0.2, 0) is 67.7 Å². The van der Waals surface area contributed by atoms with E-state index in [1.807, 2.05) is 0 Å². The highest BCUT2D eigenvalue weighted by Crippen LogP contribution is 2.24. The van der Waals surface area contributed by atoms with Gasteiger partial charge in [0.25, 0.3) is 10.1 Å². The Balaban J connectivity index is 1.53. The monoisotopic (exact) mass is 478 g/mol. The van der Waals surface area contributed by atoms with Crippen LogP contribution in [0, 0.1) is 5.92 Å². The summed E-state index contributed by atoms with van der Waals surface area (Å²) in [5.41, 5.74) is 0. The van der Waals surface area contributed by atoms with Crippen LogP contribution in [-0.4, -0.2) is 80.3 Å². The molecule has 0 bridgehead atoms. The largest absolute Gasteiger partial charge is 0.639 e. The van der Waals surface area contributed by atoms with E-state index in [9.17, 15) is 16.8 Å². The van der Waals surface area contributed by atoms with Crippen LogP contribution in [0.5, 0.6) is 0 Å². The van der Waals surface area contributed by atoms with Gasteiger partial charge in [-0.2, -0.15) is 16.8 Å². The Morgan fingerprint density at radius 3 is 1.69 bits per heavy atom. The average molecular weight is 478 g/mol. The van der Waals surface area contributed by atoms with Crippen LogP contribution in [0.1, 0.15) is 20.8 Å². The number of hydrogen-bond donors (Lipinski definition) is 0. The molecule has 0 aliphatic carbocycles. The molecular weight excluding hydrogens is 455 g/mol. The molecule has 8 unspecified atom stereocenters. The molecule has 3 heterocycles. The molecule has 0 spiro atoms. The van der Waals surface area contributed by atoms with E-state index >= 15 is 0 Å². The Hall–Kier alpha value is -0.00506. The van der Waals surface area contributed by atoms with E-state index in [0.29, 0.717) is 0 Å². The van der Waals surface area contributed by atoms with Gasteiger partial charge in [-0.25, -0.2) is 0 Å². The van der Waals surface area contributed by atoms with E-state index in [1.165, 1.54) is 0 Å². The van der Waals surface area contributed by atoms with Gasteiger partial charge in [-0.05, 0) is 20.8 Å². The van der Waals surface area contributed by atoms with E-state index in [1.54, 1.807) is 20.8 Å². The Morgan fingerprint density at radius 2 is 1.31 bits per heavy atom. The molecule has 3 rings (SSSR count). The van der Waals surface area contributed by atoms with Crippen molar-refractivity contribution in [3.8, 4) is 0 Å². The molecule has 3 aliphatic heterocycles. The molecule has 0 aromatic rings. The summed E-state index contributed by atoms with van der Waals surface area (Å²) in [6.07, 6.45) is -2.66. The lowest BCUT2D eigenvalue weighted by molar-refractivity contribution is 0.0170. The molecule has 0 saturated carbocycles. The van der Waals surface area contributed by atoms with E-state index in [-0.39, 0.29) is 25.6 Å². The first-order valence-electron chi connectivity index (χ1n) is 8.91. The lowest BCUT2D eigenvalue weighted by Gasteiger charge is -2.20. The van der Waals surface area contributed by atoms with Crippen LogP contribution in [0.25, 0.3) is 0 Å². The third kappa shape index (κ3) is 6.74. The predicted octanol–water partition coefficient (Wildman–Crippen LogP) is -0.849. The zero-order chi connectivity index (χ0) is 21.2. The van der Waals surface area contributed by atoms with Gasteiger partial charge in [-0.3, -0.25) is 20.9 Å². The maximum Gasteiger partial charge on any atom is 0.639 e. The molecule has 16 heteroatoms. The average Bonchev–Trinajstić information content (AvgIpc) is 3.20. The minimum absolute atomic E-state index is 0.00191. The van der Waals surface area contributed by atoms with Crippen molar-refractivity contribution >= 4 is 40.2 Å². The summed E-state index contributed by atoms with van der Waals surface area (Å²) in [4.78, 5) is 0. The van der Waals surface area contributed by atoms with Gasteiger partial charge in [0.2, 0.25) is 0 Å². The molecule has 168 valence electrons. The lowest BCUT2D eigenvalue weighted by Crippen LogP contribution is -2.38. The summed E-state index contributed by atoms with van der Waals surface area (Å²) >= 11 is -3.69. The third-order valence-corrected chi connectivity index (χ3v) is 7.70. The first-order chi connectivity index (χ1) is 13.6. The van der Waals surface area contributed by atoms with E-state index < -0.39 is 76.6 Å². The first kappa shape index (κ1) is 23.7. The Kier molecular flexibility index (Phi) is 8.22. The standard InChI is InChI=1S/C13H23BO12S3/c1-8-11(7-29(17,18)26-8)4-19-14(20-5-12-9(2)22-27(15)24-12)21-6-13-10(3)23-28(16)25-13/h8-13H,4-7H2,1-3H3. The Labute approximate surface area is 174 Å². The molecule has 8 atom stereocenters. The fraction of sp³-hybridized carbons (Fsp3) is 1.00. The summed E-state index contributed by atoms with van der Waals surface area (Å²) in [5.74, 6) is -0.573. The molecule has 3 aliphatic rings. The van der Waals surface area contributed by atoms with Crippen molar-refractivity contribution < 1.29 is 51.7 Å². The van der Waals surface area contributed by atoms with Gasteiger partial charge in [-0.1, -0.05) is 0 Å². The van der Waals surface area contributed by atoms with Gasteiger partial charge in [0.05, 0.1) is 25.1 Å². The summed E-state index contributed by atoms with van der Waals surface area (Å²) in [5, 5.41) is 0. The highest BCUT2D eigenvalue weighted by molar-refractivity contribution is 7.87. The zero-order valence-corrected chi connectivity index (χ0v) is 18.4. The molecular formula is C13H23BO12S3. The molecule has 0 aromatic carbocycles. The molecule has 3 fully saturated rings. The molecule has 3 saturated heterocycles. The summed E-state index contributed by atoms with van der Waals surface area (Å²) < 4.78 is 87.5. The smallest absolute Gasteiger partial charge is 0.385 e. The van der Waals surface area contributed by atoms with Gasteiger partial charge >= 0.3 is 30.0 Å². The highest BCUT2D eigenvalue weighted by atomic mass is 32.2. The van der Waals surface area contributed by atoms with Crippen molar-refractivity contribution in [1.82, 2.24) is 0 Å². The second kappa shape index (κ2) is 10.1. The van der Waals surface area contributed by atoms with Crippen molar-refractivity contribution in [1.29, 1.82) is 0 Å². The minimum Gasteiger partial charge on any atom is -0.385 e. The molecule has 0 N–H and O–H groups in total. The van der Waals surface area contributed by atoms with Crippen LogP contribution in [0.15, 0.2) is 0 Å². The summed E-state index contributed by atoms with van der Waals surface area (Å²) in [7, 11) is -4.78. The maximum atomic E-state index is 11.6. The minimum atomic E-state index is -3.57. The molecule has 0 amide bonds. The van der Waals surface area contributed by atoms with Gasteiger partial charge in [-0.15, -0.1) is 0 Å². The maximum absolute atomic E-state index is 11.6. The second-order valence-corrected chi connectivity index (χ2v) is 10.1. The van der Waals surface area contributed by atoms with Crippen LogP contribution < -0.4 is 0 Å². The van der Waals surface area contributed by atoms with Crippen LogP contribution >= 0.6 is 0 Å². The van der Waals surface area contributed by atoms with Crippen LogP contribution in [0.4, 0.5) is 0 Å². The zero-order valence-electron chi connectivity index (χ0n) is 16.0. The van der Waals surface area contributed by atoms with E-state index in [2.05, 4.69) is 0 Å². The van der Waals surface area contributed by atoms with Crippen LogP contribution in [0.2, 0.25) is 0 Å². The summed E-state index contributed by atoms with van der Waals surface area (Å²) in [6, 6.07) is 0. The first-order valence-corrected chi connectivity index (χ1v) is 12.5. The van der Waals surface area contributed by atoms with Crippen molar-refractivity contribution in [2.75, 3.05) is 25.6 Å². The fourth-order valence-corrected chi connectivity index (χ4v) is 5.98. The van der Waals surface area contributed by atoms with Crippen LogP contribution in [0.3, 0.4) is 0 Å². The normalized spacial score (nSPS) is 41.8. The Morgan fingerprint density at radius 1 is 0.828 bits per heavy atom. The van der Waals surface area contributed by atoms with E-state index in [4.69, 9.17) is 34.9 Å². The molecule has 0 aromatic heterocycles. The number of hydrogen-bond acceptors (Lipinski definition) is 12. The van der Waals surface area contributed by atoms with Gasteiger partial charge in [0, 0.05) is 12.5 Å². The van der Waals surface area contributed by atoms with Crippen molar-refractivity contribution in [2.24, 2.45) is 5.92 Å². The third-order valence-electron chi connectivity index (χ3n) is 4.53. The highest BCUT2D eigenvalue weighted by Gasteiger charge is 2.40. The van der Waals surface area contributed by atoms with Gasteiger partial charge in [0.1, 0.15) is 24.4 Å². The fourth-order valence-electron chi connectivity index (χ4n) is 2.73.